The van der Waals surface area contributed by atoms with E-state index in [-0.39, 0.29) is 31.2 Å². The summed E-state index contributed by atoms with van der Waals surface area (Å²) in [6, 6.07) is 9.75. The van der Waals surface area contributed by atoms with Crippen molar-refractivity contribution in [2.45, 2.75) is 64.0 Å². The molecule has 7 nitrogen and oxygen atoms in total. The van der Waals surface area contributed by atoms with Gasteiger partial charge in [-0.3, -0.25) is 24.6 Å². The zero-order valence-corrected chi connectivity index (χ0v) is 21.3. The van der Waals surface area contributed by atoms with Crippen LogP contribution in [0.2, 0.25) is 0 Å². The van der Waals surface area contributed by atoms with E-state index in [0.717, 1.165) is 23.3 Å². The minimum Gasteiger partial charge on any atom is -0.385 e. The van der Waals surface area contributed by atoms with Gasteiger partial charge in [-0.2, -0.15) is 13.2 Å². The van der Waals surface area contributed by atoms with Crippen molar-refractivity contribution in [2.75, 3.05) is 13.1 Å². The second-order valence-corrected chi connectivity index (χ2v) is 11.2. The summed E-state index contributed by atoms with van der Waals surface area (Å²) in [6.45, 7) is 5.67. The third-order valence-electron chi connectivity index (χ3n) is 8.22. The van der Waals surface area contributed by atoms with Gasteiger partial charge in [-0.25, -0.2) is 0 Å². The van der Waals surface area contributed by atoms with Crippen LogP contribution in [0.15, 0.2) is 42.5 Å². The minimum atomic E-state index is -4.37. The Morgan fingerprint density at radius 3 is 2.42 bits per heavy atom. The number of rotatable bonds is 4. The van der Waals surface area contributed by atoms with Crippen molar-refractivity contribution >= 4 is 17.7 Å². The van der Waals surface area contributed by atoms with E-state index in [1.54, 1.807) is 12.1 Å². The maximum atomic E-state index is 13.0. The maximum absolute atomic E-state index is 13.0. The standard InChI is InChI=1S/C28H30F3N3O4/c1-26(2)16-33(14-17-3-5-19(6-4-17)28(29,30)31)12-11-27(26,38)20-7-8-21-18(13-20)15-34(25(21)37)22-9-10-23(35)32-24(22)36/h3-8,13,22,38H,9-12,14-16H2,1-2H3,(H,32,35,36). The number of piperidine rings is 2. The molecular weight excluding hydrogens is 499 g/mol. The molecule has 0 aromatic heterocycles. The van der Waals surface area contributed by atoms with Gasteiger partial charge in [0.15, 0.2) is 0 Å². The highest BCUT2D eigenvalue weighted by Crippen LogP contribution is 2.47. The van der Waals surface area contributed by atoms with Crippen LogP contribution in [-0.2, 0) is 34.5 Å². The van der Waals surface area contributed by atoms with Gasteiger partial charge in [0.25, 0.3) is 5.91 Å². The molecule has 3 aliphatic heterocycles. The van der Waals surface area contributed by atoms with Crippen molar-refractivity contribution in [1.82, 2.24) is 15.1 Å². The zero-order valence-electron chi connectivity index (χ0n) is 21.3. The molecule has 38 heavy (non-hydrogen) atoms. The lowest BCUT2D eigenvalue weighted by Crippen LogP contribution is -2.55. The number of fused-ring (bicyclic) bond motifs is 1. The van der Waals surface area contributed by atoms with Gasteiger partial charge in [-0.05, 0) is 47.7 Å². The molecule has 10 heteroatoms. The van der Waals surface area contributed by atoms with Crippen LogP contribution < -0.4 is 5.32 Å². The summed E-state index contributed by atoms with van der Waals surface area (Å²) < 4.78 is 38.7. The van der Waals surface area contributed by atoms with E-state index in [1.165, 1.54) is 17.0 Å². The molecule has 2 aromatic rings. The van der Waals surface area contributed by atoms with Gasteiger partial charge in [0, 0.05) is 43.6 Å². The number of nitrogens with one attached hydrogen (secondary N) is 1. The van der Waals surface area contributed by atoms with Gasteiger partial charge in [-0.15, -0.1) is 0 Å². The minimum absolute atomic E-state index is 0.179. The molecule has 2 fully saturated rings. The lowest BCUT2D eigenvalue weighted by Gasteiger charge is -2.50. The van der Waals surface area contributed by atoms with Crippen LogP contribution >= 0.6 is 0 Å². The molecular formula is C28H30F3N3O4. The molecule has 0 radical (unpaired) electrons. The van der Waals surface area contributed by atoms with E-state index >= 15 is 0 Å². The van der Waals surface area contributed by atoms with Crippen molar-refractivity contribution in [3.8, 4) is 0 Å². The molecule has 202 valence electrons. The Hall–Kier alpha value is -3.24. The lowest BCUT2D eigenvalue weighted by molar-refractivity contribution is -0.138. The van der Waals surface area contributed by atoms with Crippen LogP contribution in [0.5, 0.6) is 0 Å². The molecule has 0 spiro atoms. The number of benzene rings is 2. The second-order valence-electron chi connectivity index (χ2n) is 11.2. The number of alkyl halides is 3. The van der Waals surface area contributed by atoms with E-state index in [1.807, 2.05) is 19.9 Å². The highest BCUT2D eigenvalue weighted by Gasteiger charge is 2.49. The Morgan fingerprint density at radius 1 is 1.08 bits per heavy atom. The molecule has 5 rings (SSSR count). The average Bonchev–Trinajstić information content (AvgIpc) is 3.16. The second kappa shape index (κ2) is 9.20. The fraction of sp³-hybridized carbons (Fsp3) is 0.464. The SMILES string of the molecule is CC1(C)CN(Cc2ccc(C(F)(F)F)cc2)CCC1(O)c1ccc2c(c1)CN(C1CCC(=O)NC1=O)C2=O. The third kappa shape index (κ3) is 4.60. The maximum Gasteiger partial charge on any atom is 0.416 e. The number of halogens is 3. The van der Waals surface area contributed by atoms with E-state index in [0.29, 0.717) is 37.2 Å². The van der Waals surface area contributed by atoms with Crippen molar-refractivity contribution in [2.24, 2.45) is 5.41 Å². The Bertz CT molecular complexity index is 1290. The Labute approximate surface area is 218 Å². The number of nitrogens with zero attached hydrogens (tertiary/aromatic N) is 2. The molecule has 2 atom stereocenters. The molecule has 2 N–H and O–H groups in total. The number of amides is 3. The molecule has 3 heterocycles. The highest BCUT2D eigenvalue weighted by atomic mass is 19.4. The van der Waals surface area contributed by atoms with Crippen LogP contribution in [0, 0.1) is 5.41 Å². The number of likely N-dealkylation sites (tertiary alicyclic amines) is 1. The fourth-order valence-electron chi connectivity index (χ4n) is 5.99. The first-order chi connectivity index (χ1) is 17.8. The van der Waals surface area contributed by atoms with Gasteiger partial charge < -0.3 is 10.0 Å². The van der Waals surface area contributed by atoms with Crippen LogP contribution in [0.3, 0.4) is 0 Å². The van der Waals surface area contributed by atoms with E-state index in [2.05, 4.69) is 10.2 Å². The first-order valence-electron chi connectivity index (χ1n) is 12.7. The van der Waals surface area contributed by atoms with Crippen LogP contribution in [0.4, 0.5) is 13.2 Å². The third-order valence-corrected chi connectivity index (χ3v) is 8.22. The van der Waals surface area contributed by atoms with Crippen molar-refractivity contribution < 1.29 is 32.7 Å². The smallest absolute Gasteiger partial charge is 0.385 e. The van der Waals surface area contributed by atoms with E-state index in [4.69, 9.17) is 0 Å². The first kappa shape index (κ1) is 26.4. The molecule has 3 amide bonds. The highest BCUT2D eigenvalue weighted by molar-refractivity contribution is 6.05. The van der Waals surface area contributed by atoms with Crippen molar-refractivity contribution in [3.05, 3.63) is 70.3 Å². The lowest BCUT2D eigenvalue weighted by atomic mass is 9.66. The average molecular weight is 530 g/mol. The molecule has 2 aromatic carbocycles. The predicted octanol–water partition coefficient (Wildman–Crippen LogP) is 3.59. The van der Waals surface area contributed by atoms with Gasteiger partial charge in [0.05, 0.1) is 11.2 Å². The summed E-state index contributed by atoms with van der Waals surface area (Å²) in [5.41, 5.74) is 0.201. The molecule has 2 unspecified atom stereocenters. The van der Waals surface area contributed by atoms with Gasteiger partial charge in [-0.1, -0.05) is 38.1 Å². The van der Waals surface area contributed by atoms with Crippen LogP contribution in [0.1, 0.15) is 65.7 Å². The quantitative estimate of drug-likeness (QED) is 0.591. The number of carbonyl (C=O) groups is 3. The monoisotopic (exact) mass is 529 g/mol. The Balaban J connectivity index is 1.31. The molecule has 0 bridgehead atoms. The Morgan fingerprint density at radius 2 is 1.79 bits per heavy atom. The summed E-state index contributed by atoms with van der Waals surface area (Å²) >= 11 is 0. The summed E-state index contributed by atoms with van der Waals surface area (Å²) in [7, 11) is 0. The largest absolute Gasteiger partial charge is 0.416 e. The number of aliphatic hydroxyl groups is 1. The Kier molecular flexibility index (Phi) is 6.38. The van der Waals surface area contributed by atoms with Crippen molar-refractivity contribution in [1.29, 1.82) is 0 Å². The number of imide groups is 1. The number of hydrogen-bond acceptors (Lipinski definition) is 5. The molecule has 2 saturated heterocycles. The first-order valence-corrected chi connectivity index (χ1v) is 12.7. The fourth-order valence-corrected chi connectivity index (χ4v) is 5.99. The summed E-state index contributed by atoms with van der Waals surface area (Å²) in [6.07, 6.45) is -3.51. The topological polar surface area (TPSA) is 89.9 Å². The predicted molar refractivity (Wildman–Crippen MR) is 132 cm³/mol. The van der Waals surface area contributed by atoms with E-state index < -0.39 is 34.7 Å². The molecule has 3 aliphatic rings. The van der Waals surface area contributed by atoms with Crippen molar-refractivity contribution in [3.63, 3.8) is 0 Å². The van der Waals surface area contributed by atoms with Crippen LogP contribution in [-0.4, -0.2) is 51.8 Å². The van der Waals surface area contributed by atoms with Gasteiger partial charge >= 0.3 is 6.18 Å². The zero-order chi connectivity index (χ0) is 27.5. The molecule has 0 saturated carbocycles. The number of carbonyl (C=O) groups excluding carboxylic acids is 3. The summed E-state index contributed by atoms with van der Waals surface area (Å²) in [5.74, 6) is -1.08. The summed E-state index contributed by atoms with van der Waals surface area (Å²) in [4.78, 5) is 40.5. The molecule has 0 aliphatic carbocycles. The number of hydrogen-bond donors (Lipinski definition) is 2. The normalized spacial score (nSPS) is 25.9. The van der Waals surface area contributed by atoms with Crippen LogP contribution in [0.25, 0.3) is 0 Å². The summed E-state index contributed by atoms with van der Waals surface area (Å²) in [5, 5.41) is 14.2. The van der Waals surface area contributed by atoms with Gasteiger partial charge in [0.2, 0.25) is 11.8 Å². The van der Waals surface area contributed by atoms with E-state index in [9.17, 15) is 32.7 Å². The van der Waals surface area contributed by atoms with Gasteiger partial charge in [0.1, 0.15) is 6.04 Å².